The Bertz CT molecular complexity index is 2210. The fraction of sp³-hybridized carbons (Fsp3) is 0.316. The Morgan fingerprint density at radius 2 is 0.885 bits per heavy atom. The van der Waals surface area contributed by atoms with Gasteiger partial charge in [0.15, 0.2) is 0 Å². The molecule has 0 amide bonds. The summed E-state index contributed by atoms with van der Waals surface area (Å²) < 4.78 is 12.0. The highest BCUT2D eigenvalue weighted by atomic mass is 16.4. The summed E-state index contributed by atoms with van der Waals surface area (Å²) in [6, 6.07) is 21.1. The monoisotopic (exact) mass is 706 g/mol. The number of aromatic nitrogens is 2. The summed E-state index contributed by atoms with van der Waals surface area (Å²) in [7, 11) is 0. The molecule has 0 unspecified atom stereocenters. The van der Waals surface area contributed by atoms with Crippen molar-refractivity contribution in [2.24, 2.45) is 0 Å². The Hall–Kier alpha value is -5.54. The van der Waals surface area contributed by atoms with Crippen molar-refractivity contribution in [1.82, 2.24) is 29.6 Å². The lowest BCUT2D eigenvalue weighted by Crippen LogP contribution is -2.47. The Balaban J connectivity index is 1.11. The van der Waals surface area contributed by atoms with E-state index in [0.717, 1.165) is 0 Å². The van der Waals surface area contributed by atoms with Gasteiger partial charge >= 0.3 is 11.9 Å². The number of para-hydroxylation sites is 2. The largest absolute Gasteiger partial charge is 0.480 e. The molecule has 0 atom stereocenters. The van der Waals surface area contributed by atoms with Crippen molar-refractivity contribution >= 4 is 56.1 Å². The molecule has 14 nitrogen and oxygen atoms in total. The number of fused-ring (bicyclic) bond motifs is 4. The van der Waals surface area contributed by atoms with Crippen molar-refractivity contribution < 1.29 is 28.6 Å². The van der Waals surface area contributed by atoms with Crippen LogP contribution in [0.1, 0.15) is 11.4 Å². The Morgan fingerprint density at radius 3 is 1.27 bits per heavy atom. The van der Waals surface area contributed by atoms with Crippen molar-refractivity contribution in [3.05, 3.63) is 105 Å². The van der Waals surface area contributed by atoms with E-state index in [1.54, 1.807) is 72.8 Å². The van der Waals surface area contributed by atoms with Gasteiger partial charge in [-0.3, -0.25) is 38.8 Å². The van der Waals surface area contributed by atoms with Crippen molar-refractivity contribution in [2.45, 2.75) is 13.1 Å². The summed E-state index contributed by atoms with van der Waals surface area (Å²) >= 11 is 0. The van der Waals surface area contributed by atoms with Crippen LogP contribution < -0.4 is 10.9 Å². The molecule has 268 valence electrons. The van der Waals surface area contributed by atoms with Gasteiger partial charge in [0.2, 0.25) is 22.3 Å². The van der Waals surface area contributed by atoms with Crippen molar-refractivity contribution in [3.8, 4) is 0 Å². The van der Waals surface area contributed by atoms with Gasteiger partial charge in [-0.05, 0) is 48.5 Å². The second-order valence-electron chi connectivity index (χ2n) is 13.1. The molecule has 1 aliphatic rings. The molecule has 1 saturated heterocycles. The van der Waals surface area contributed by atoms with Gasteiger partial charge in [-0.15, -0.1) is 0 Å². The highest BCUT2D eigenvalue weighted by molar-refractivity contribution is 5.89. The summed E-state index contributed by atoms with van der Waals surface area (Å²) in [6.07, 6.45) is 0. The average Bonchev–Trinajstić information content (AvgIpc) is 3.12. The van der Waals surface area contributed by atoms with Crippen LogP contribution in [0.15, 0.2) is 91.2 Å². The second-order valence-corrected chi connectivity index (χ2v) is 13.1. The molecule has 0 aliphatic carbocycles. The van der Waals surface area contributed by atoms with E-state index in [0.29, 0.717) is 110 Å². The second kappa shape index (κ2) is 15.4. The number of carbonyl (C=O) groups is 2. The number of nitrogens with zero attached hydrogens (tertiary/aromatic N) is 6. The van der Waals surface area contributed by atoms with Crippen LogP contribution in [-0.4, -0.2) is 117 Å². The lowest BCUT2D eigenvalue weighted by atomic mass is 10.1. The van der Waals surface area contributed by atoms with Crippen LogP contribution in [-0.2, 0) is 22.7 Å². The zero-order valence-electron chi connectivity index (χ0n) is 28.4. The number of pyridine rings is 2. The zero-order chi connectivity index (χ0) is 36.2. The zero-order valence-corrected chi connectivity index (χ0v) is 28.4. The number of hydrogen-bond donors (Lipinski definition) is 2. The number of hydrogen-bond acceptors (Lipinski definition) is 12. The average molecular weight is 707 g/mol. The smallest absolute Gasteiger partial charge is 0.317 e. The van der Waals surface area contributed by atoms with Gasteiger partial charge in [-0.2, -0.15) is 0 Å². The standard InChI is InChI=1S/C38H38N6O8/c45-33(46)23-43-17-13-41(21-25-9-11-29-35(49)27-5-1-3-7-31(27)51-37(29)39-25)14-18-44(24-34(47)48)20-16-42(15-19-43)22-26-10-12-30-36(50)28-6-2-4-8-32(28)52-38(30)40-26/h1-12H,13-24H2,(H,45,46)(H,47,48). The fourth-order valence-electron chi connectivity index (χ4n) is 6.67. The van der Waals surface area contributed by atoms with Crippen LogP contribution in [0.5, 0.6) is 0 Å². The van der Waals surface area contributed by atoms with Crippen LogP contribution in [0.4, 0.5) is 0 Å². The van der Waals surface area contributed by atoms with Gasteiger partial charge in [-0.1, -0.05) is 24.3 Å². The molecule has 0 bridgehead atoms. The Labute approximate surface area is 297 Å². The van der Waals surface area contributed by atoms with Crippen LogP contribution in [0, 0.1) is 0 Å². The molecule has 52 heavy (non-hydrogen) atoms. The lowest BCUT2D eigenvalue weighted by Gasteiger charge is -2.33. The third-order valence-corrected chi connectivity index (χ3v) is 9.42. The van der Waals surface area contributed by atoms with E-state index < -0.39 is 11.9 Å². The first-order valence-electron chi connectivity index (χ1n) is 17.2. The SMILES string of the molecule is O=C(O)CN1CCN(Cc2ccc3c(=O)c4ccccc4oc3n2)CCN(CC(=O)O)CCN(Cc2ccc3c(=O)c4ccccc4oc3n2)CC1. The Morgan fingerprint density at radius 1 is 0.519 bits per heavy atom. The van der Waals surface area contributed by atoms with Crippen LogP contribution in [0.2, 0.25) is 0 Å². The van der Waals surface area contributed by atoms with Crippen molar-refractivity contribution in [3.63, 3.8) is 0 Å². The van der Waals surface area contributed by atoms with Gasteiger partial charge < -0.3 is 19.0 Å². The first kappa shape index (κ1) is 34.9. The molecule has 0 saturated carbocycles. The van der Waals surface area contributed by atoms with E-state index in [2.05, 4.69) is 19.8 Å². The molecule has 7 rings (SSSR count). The summed E-state index contributed by atoms with van der Waals surface area (Å²) in [6.45, 7) is 4.24. The van der Waals surface area contributed by atoms with E-state index in [4.69, 9.17) is 8.83 Å². The molecule has 1 fully saturated rings. The topological polar surface area (TPSA) is 174 Å². The summed E-state index contributed by atoms with van der Waals surface area (Å²) in [5.41, 5.74) is 2.43. The maximum atomic E-state index is 13.0. The molecule has 0 spiro atoms. The van der Waals surface area contributed by atoms with Gasteiger partial charge in [0.05, 0.1) is 46.0 Å². The predicted molar refractivity (Wildman–Crippen MR) is 194 cm³/mol. The summed E-state index contributed by atoms with van der Waals surface area (Å²) in [5.74, 6) is -1.87. The maximum absolute atomic E-state index is 13.0. The highest BCUT2D eigenvalue weighted by Crippen LogP contribution is 2.20. The van der Waals surface area contributed by atoms with Gasteiger partial charge in [-0.25, -0.2) is 9.97 Å². The fourth-order valence-corrected chi connectivity index (χ4v) is 6.67. The third-order valence-electron chi connectivity index (χ3n) is 9.42. The molecule has 4 aromatic heterocycles. The molecule has 6 aromatic rings. The van der Waals surface area contributed by atoms with Crippen LogP contribution in [0.3, 0.4) is 0 Å². The molecule has 5 heterocycles. The highest BCUT2D eigenvalue weighted by Gasteiger charge is 2.21. The summed E-state index contributed by atoms with van der Waals surface area (Å²) in [4.78, 5) is 67.2. The number of carboxylic acid groups (broad SMARTS) is 2. The van der Waals surface area contributed by atoms with Gasteiger partial charge in [0.25, 0.3) is 0 Å². The Kier molecular flexibility index (Phi) is 10.3. The van der Waals surface area contributed by atoms with E-state index in [9.17, 15) is 29.4 Å². The number of benzene rings is 2. The lowest BCUT2D eigenvalue weighted by molar-refractivity contribution is -0.139. The molecule has 2 aromatic carbocycles. The normalized spacial score (nSPS) is 16.3. The van der Waals surface area contributed by atoms with Crippen molar-refractivity contribution in [2.75, 3.05) is 65.4 Å². The molecular formula is C38H38N6O8. The van der Waals surface area contributed by atoms with Gasteiger partial charge in [0.1, 0.15) is 11.2 Å². The molecule has 14 heteroatoms. The summed E-state index contributed by atoms with van der Waals surface area (Å²) in [5, 5.41) is 21.2. The maximum Gasteiger partial charge on any atom is 0.317 e. The molecule has 2 N–H and O–H groups in total. The number of rotatable bonds is 8. The van der Waals surface area contributed by atoms with Crippen LogP contribution >= 0.6 is 0 Å². The molecular weight excluding hydrogens is 668 g/mol. The minimum absolute atomic E-state index is 0.147. The quantitative estimate of drug-likeness (QED) is 0.221. The number of aliphatic carboxylic acids is 2. The van der Waals surface area contributed by atoms with E-state index in [1.165, 1.54) is 0 Å². The van der Waals surface area contributed by atoms with E-state index in [-0.39, 0.29) is 35.4 Å². The molecule has 1 aliphatic heterocycles. The third kappa shape index (κ3) is 8.00. The number of carboxylic acids is 2. The van der Waals surface area contributed by atoms with Gasteiger partial charge in [0, 0.05) is 65.4 Å². The van der Waals surface area contributed by atoms with E-state index >= 15 is 0 Å². The van der Waals surface area contributed by atoms with Crippen molar-refractivity contribution in [1.29, 1.82) is 0 Å². The first-order chi connectivity index (χ1) is 25.2. The first-order valence-corrected chi connectivity index (χ1v) is 17.2. The predicted octanol–water partition coefficient (Wildman–Crippen LogP) is 3.09. The minimum atomic E-state index is -0.935. The molecule has 0 radical (unpaired) electrons. The minimum Gasteiger partial charge on any atom is -0.480 e. The van der Waals surface area contributed by atoms with E-state index in [1.807, 2.05) is 9.80 Å². The van der Waals surface area contributed by atoms with Crippen LogP contribution in [0.25, 0.3) is 44.1 Å².